The number of benzene rings is 1. The SMILES string of the molecule is CCC(=O)N[C@@H]1CCCc2c(-c3ccc4c(c3)CCCN4C(C)=O)cncc21. The molecule has 1 atom stereocenters. The van der Waals surface area contributed by atoms with Crippen LogP contribution >= 0.6 is 0 Å². The Morgan fingerprint density at radius 3 is 2.86 bits per heavy atom. The van der Waals surface area contributed by atoms with Gasteiger partial charge in [-0.1, -0.05) is 13.0 Å². The lowest BCUT2D eigenvalue weighted by molar-refractivity contribution is -0.121. The lowest BCUT2D eigenvalue weighted by Crippen LogP contribution is -2.33. The van der Waals surface area contributed by atoms with Crippen molar-refractivity contribution in [3.8, 4) is 11.1 Å². The molecule has 1 aromatic carbocycles. The van der Waals surface area contributed by atoms with Gasteiger partial charge in [0.15, 0.2) is 0 Å². The summed E-state index contributed by atoms with van der Waals surface area (Å²) in [5.41, 5.74) is 7.00. The van der Waals surface area contributed by atoms with Gasteiger partial charge < -0.3 is 10.2 Å². The van der Waals surface area contributed by atoms with Crippen LogP contribution in [0.5, 0.6) is 0 Å². The van der Waals surface area contributed by atoms with E-state index in [2.05, 4.69) is 28.5 Å². The average Bonchev–Trinajstić information content (AvgIpc) is 2.72. The first-order valence-electron chi connectivity index (χ1n) is 10.3. The molecule has 146 valence electrons. The van der Waals surface area contributed by atoms with E-state index in [1.807, 2.05) is 24.2 Å². The molecule has 2 aromatic rings. The van der Waals surface area contributed by atoms with Crippen molar-refractivity contribution in [1.29, 1.82) is 0 Å². The molecular weight excluding hydrogens is 350 g/mol. The first kappa shape index (κ1) is 18.7. The third-order valence-corrected chi connectivity index (χ3v) is 5.93. The molecule has 1 aliphatic heterocycles. The van der Waals surface area contributed by atoms with Crippen LogP contribution in [0.15, 0.2) is 30.6 Å². The summed E-state index contributed by atoms with van der Waals surface area (Å²) in [6.07, 6.45) is 9.35. The van der Waals surface area contributed by atoms with Gasteiger partial charge in [0.05, 0.1) is 6.04 Å². The normalized spacial score (nSPS) is 18.2. The van der Waals surface area contributed by atoms with Crippen molar-refractivity contribution in [1.82, 2.24) is 10.3 Å². The number of hydrogen-bond donors (Lipinski definition) is 1. The first-order valence-corrected chi connectivity index (χ1v) is 10.3. The molecule has 1 aliphatic carbocycles. The molecule has 1 N–H and O–H groups in total. The number of anilines is 1. The Bertz CT molecular complexity index is 922. The number of rotatable bonds is 3. The van der Waals surface area contributed by atoms with E-state index in [1.165, 1.54) is 11.1 Å². The molecule has 4 rings (SSSR count). The van der Waals surface area contributed by atoms with Crippen LogP contribution in [0.25, 0.3) is 11.1 Å². The Labute approximate surface area is 166 Å². The number of fused-ring (bicyclic) bond motifs is 2. The lowest BCUT2D eigenvalue weighted by Gasteiger charge is -2.30. The van der Waals surface area contributed by atoms with Gasteiger partial charge in [0.2, 0.25) is 11.8 Å². The van der Waals surface area contributed by atoms with E-state index in [-0.39, 0.29) is 17.9 Å². The van der Waals surface area contributed by atoms with Gasteiger partial charge >= 0.3 is 0 Å². The summed E-state index contributed by atoms with van der Waals surface area (Å²) in [6, 6.07) is 6.44. The molecule has 0 saturated heterocycles. The van der Waals surface area contributed by atoms with Gasteiger partial charge in [-0.2, -0.15) is 0 Å². The van der Waals surface area contributed by atoms with E-state index in [0.717, 1.165) is 61.0 Å². The van der Waals surface area contributed by atoms with E-state index >= 15 is 0 Å². The van der Waals surface area contributed by atoms with Crippen molar-refractivity contribution < 1.29 is 9.59 Å². The summed E-state index contributed by atoms with van der Waals surface area (Å²) in [6.45, 7) is 4.30. The van der Waals surface area contributed by atoms with Crippen molar-refractivity contribution in [3.05, 3.63) is 47.3 Å². The number of aromatic nitrogens is 1. The maximum Gasteiger partial charge on any atom is 0.223 e. The van der Waals surface area contributed by atoms with Crippen LogP contribution in [0.1, 0.15) is 62.3 Å². The predicted molar refractivity (Wildman–Crippen MR) is 110 cm³/mol. The second-order valence-electron chi connectivity index (χ2n) is 7.74. The second-order valence-corrected chi connectivity index (χ2v) is 7.74. The number of carbonyl (C=O) groups excluding carboxylic acids is 2. The summed E-state index contributed by atoms with van der Waals surface area (Å²) in [5, 5.41) is 3.15. The summed E-state index contributed by atoms with van der Waals surface area (Å²) in [7, 11) is 0. The molecule has 5 nitrogen and oxygen atoms in total. The van der Waals surface area contributed by atoms with Gasteiger partial charge in [-0.05, 0) is 66.5 Å². The number of amides is 2. The topological polar surface area (TPSA) is 62.3 Å². The fraction of sp³-hybridized carbons (Fsp3) is 0.435. The highest BCUT2D eigenvalue weighted by Crippen LogP contribution is 2.38. The molecule has 2 aliphatic rings. The van der Waals surface area contributed by atoms with E-state index in [9.17, 15) is 9.59 Å². The summed E-state index contributed by atoms with van der Waals surface area (Å²) < 4.78 is 0. The molecule has 0 saturated carbocycles. The number of aryl methyl sites for hydroxylation is 1. The van der Waals surface area contributed by atoms with Crippen molar-refractivity contribution in [2.75, 3.05) is 11.4 Å². The predicted octanol–water partition coefficient (Wildman–Crippen LogP) is 3.95. The van der Waals surface area contributed by atoms with Crippen LogP contribution in [-0.2, 0) is 22.4 Å². The minimum atomic E-state index is 0.0504. The molecule has 2 heterocycles. The molecule has 0 bridgehead atoms. The van der Waals surface area contributed by atoms with Crippen LogP contribution in [0.3, 0.4) is 0 Å². The maximum atomic E-state index is 11.9. The highest BCUT2D eigenvalue weighted by molar-refractivity contribution is 5.93. The van der Waals surface area contributed by atoms with Crippen LogP contribution in [-0.4, -0.2) is 23.3 Å². The lowest BCUT2D eigenvalue weighted by atomic mass is 9.84. The third kappa shape index (κ3) is 3.41. The number of carbonyl (C=O) groups is 2. The van der Waals surface area contributed by atoms with E-state index < -0.39 is 0 Å². The van der Waals surface area contributed by atoms with Crippen LogP contribution in [0, 0.1) is 0 Å². The molecule has 0 fully saturated rings. The van der Waals surface area contributed by atoms with Crippen LogP contribution < -0.4 is 10.2 Å². The van der Waals surface area contributed by atoms with Gasteiger partial charge in [-0.15, -0.1) is 0 Å². The largest absolute Gasteiger partial charge is 0.349 e. The molecular formula is C23H27N3O2. The molecule has 5 heteroatoms. The summed E-state index contributed by atoms with van der Waals surface area (Å²) in [4.78, 5) is 30.2. The van der Waals surface area contributed by atoms with Crippen molar-refractivity contribution in [3.63, 3.8) is 0 Å². The molecule has 28 heavy (non-hydrogen) atoms. The quantitative estimate of drug-likeness (QED) is 0.881. The van der Waals surface area contributed by atoms with Crippen molar-refractivity contribution in [2.24, 2.45) is 0 Å². The van der Waals surface area contributed by atoms with E-state index in [0.29, 0.717) is 6.42 Å². The Morgan fingerprint density at radius 2 is 2.07 bits per heavy atom. The fourth-order valence-electron chi connectivity index (χ4n) is 4.51. The summed E-state index contributed by atoms with van der Waals surface area (Å²) >= 11 is 0. The molecule has 0 unspecified atom stereocenters. The standard InChI is InChI=1S/C23H27N3O2/c1-3-23(28)25-21-8-4-7-18-19(13-24-14-20(18)21)16-9-10-22-17(12-16)6-5-11-26(22)15(2)27/h9-10,12-14,21H,3-8,11H2,1-2H3,(H,25,28)/t21-/m1/s1. The minimum absolute atomic E-state index is 0.0504. The Hall–Kier alpha value is -2.69. The summed E-state index contributed by atoms with van der Waals surface area (Å²) in [5.74, 6) is 0.184. The van der Waals surface area contributed by atoms with Gasteiger partial charge in [-0.3, -0.25) is 14.6 Å². The monoisotopic (exact) mass is 377 g/mol. The number of nitrogens with zero attached hydrogens (tertiary/aromatic N) is 2. The molecule has 1 aromatic heterocycles. The minimum Gasteiger partial charge on any atom is -0.349 e. The number of nitrogens with one attached hydrogen (secondary N) is 1. The van der Waals surface area contributed by atoms with Gasteiger partial charge in [0, 0.05) is 43.5 Å². The van der Waals surface area contributed by atoms with Gasteiger partial charge in [0.1, 0.15) is 0 Å². The van der Waals surface area contributed by atoms with Crippen molar-refractivity contribution >= 4 is 17.5 Å². The highest BCUT2D eigenvalue weighted by atomic mass is 16.2. The van der Waals surface area contributed by atoms with Crippen LogP contribution in [0.4, 0.5) is 5.69 Å². The van der Waals surface area contributed by atoms with Gasteiger partial charge in [0.25, 0.3) is 0 Å². The van der Waals surface area contributed by atoms with E-state index in [4.69, 9.17) is 0 Å². The average molecular weight is 377 g/mol. The smallest absolute Gasteiger partial charge is 0.223 e. The highest BCUT2D eigenvalue weighted by Gasteiger charge is 2.25. The Balaban J connectivity index is 1.72. The first-order chi connectivity index (χ1) is 13.6. The van der Waals surface area contributed by atoms with Gasteiger partial charge in [-0.25, -0.2) is 0 Å². The zero-order chi connectivity index (χ0) is 19.7. The Kier molecular flexibility index (Phi) is 5.16. The second kappa shape index (κ2) is 7.74. The molecule has 2 amide bonds. The van der Waals surface area contributed by atoms with Crippen molar-refractivity contribution in [2.45, 2.75) is 58.4 Å². The van der Waals surface area contributed by atoms with Crippen LogP contribution in [0.2, 0.25) is 0 Å². The molecule has 0 spiro atoms. The fourth-order valence-corrected chi connectivity index (χ4v) is 4.51. The zero-order valence-electron chi connectivity index (χ0n) is 16.6. The maximum absolute atomic E-state index is 11.9. The number of hydrogen-bond acceptors (Lipinski definition) is 3. The number of pyridine rings is 1. The van der Waals surface area contributed by atoms with E-state index in [1.54, 1.807) is 6.92 Å². The Morgan fingerprint density at radius 1 is 1.21 bits per heavy atom. The third-order valence-electron chi connectivity index (χ3n) is 5.93. The molecule has 0 radical (unpaired) electrons. The zero-order valence-corrected chi connectivity index (χ0v) is 16.6.